The largest absolute Gasteiger partial charge is 0.495 e. The molecule has 4 amide bonds. The summed E-state index contributed by atoms with van der Waals surface area (Å²) in [5.74, 6) is 2.38. The summed E-state index contributed by atoms with van der Waals surface area (Å²) in [7, 11) is 8.80. The van der Waals surface area contributed by atoms with E-state index in [2.05, 4.69) is 74.7 Å². The van der Waals surface area contributed by atoms with Gasteiger partial charge in [-0.05, 0) is 43.4 Å². The molecule has 24 nitrogen and oxygen atoms in total. The number of methoxy groups -OCH3 is 4. The predicted molar refractivity (Wildman–Crippen MR) is 317 cm³/mol. The number of anilines is 11. The van der Waals surface area contributed by atoms with Gasteiger partial charge in [-0.3, -0.25) is 19.9 Å². The maximum atomic E-state index is 13.1. The number of likely N-dealkylation sites (N-methyl/N-ethyl adjacent to an activating group) is 2. The van der Waals surface area contributed by atoms with Gasteiger partial charge in [-0.2, -0.15) is 0 Å². The van der Waals surface area contributed by atoms with Crippen molar-refractivity contribution in [2.75, 3.05) is 155 Å². The molecule has 0 spiro atoms. The van der Waals surface area contributed by atoms with Crippen LogP contribution in [-0.2, 0) is 0 Å². The summed E-state index contributed by atoms with van der Waals surface area (Å²) in [6.07, 6.45) is 2.59. The molecule has 426 valence electrons. The first-order chi connectivity index (χ1) is 38.4. The van der Waals surface area contributed by atoms with Crippen LogP contribution in [0.2, 0.25) is 20.1 Å². The Hall–Kier alpha value is -7.74. The van der Waals surface area contributed by atoms with Crippen molar-refractivity contribution in [3.63, 3.8) is 0 Å². The number of rotatable bonds is 17. The molecule has 4 aromatic carbocycles. The number of urea groups is 2. The number of ether oxygens (including phenoxy) is 4. The zero-order valence-corrected chi connectivity index (χ0v) is 48.3. The number of nitrogens with zero attached hydrogens (tertiary/aromatic N) is 11. The number of nitro groups is 1. The fourth-order valence-electron chi connectivity index (χ4n) is 8.53. The Labute approximate surface area is 483 Å². The zero-order chi connectivity index (χ0) is 57.8. The van der Waals surface area contributed by atoms with Crippen LogP contribution in [0.1, 0.15) is 13.8 Å². The molecule has 6 N–H and O–H groups in total. The number of benzene rings is 4. The van der Waals surface area contributed by atoms with Crippen LogP contribution in [0, 0.1) is 10.1 Å². The van der Waals surface area contributed by atoms with Crippen molar-refractivity contribution in [1.82, 2.24) is 29.7 Å². The Morgan fingerprint density at radius 3 is 1.32 bits per heavy atom. The van der Waals surface area contributed by atoms with Crippen LogP contribution in [0.4, 0.5) is 78.4 Å². The van der Waals surface area contributed by atoms with Crippen LogP contribution in [0.25, 0.3) is 0 Å². The number of carbonyl (C=O) groups is 2. The third-order valence-corrected chi connectivity index (χ3v) is 14.8. The number of amides is 4. The molecule has 28 heteroatoms. The standard InChI is InChI=1S/C26H30Cl2N8O5.C26H32Cl2N8O3/c1-5-34-8-10-35(11-9-34)16-6-7-17(18(12-16)36(38)39)31-21-14-22(30-15-29-21)33(2)26(37)32-25-23(27)19(40-3)13-20(41-4)24(25)28;1-5-35-8-10-36(11-9-35)16-6-7-18(17(29)12-16)32-21-14-22(31-15-30-21)34(2)26(37)33-25-23(27)19(38-3)13-20(39-4)24(25)28/h6-7,12-15H,5,8-11H2,1-4H3,(H,32,37)(H,29,30,31);6-7,12-15H,5,8-11,29H2,1-4H3,(H,33,37)(H,30,31,32). The van der Waals surface area contributed by atoms with Gasteiger partial charge >= 0.3 is 12.1 Å². The highest BCUT2D eigenvalue weighted by Gasteiger charge is 2.26. The molecule has 0 radical (unpaired) electrons. The molecule has 0 atom stereocenters. The van der Waals surface area contributed by atoms with Gasteiger partial charge in [0.1, 0.15) is 84.7 Å². The van der Waals surface area contributed by atoms with Crippen molar-refractivity contribution in [3.05, 3.63) is 104 Å². The van der Waals surface area contributed by atoms with Crippen molar-refractivity contribution >= 4 is 127 Å². The van der Waals surface area contributed by atoms with E-state index in [1.807, 2.05) is 24.3 Å². The molecule has 0 unspecified atom stereocenters. The van der Waals surface area contributed by atoms with Gasteiger partial charge in [-0.1, -0.05) is 60.3 Å². The van der Waals surface area contributed by atoms with Gasteiger partial charge in [-0.25, -0.2) is 29.5 Å². The summed E-state index contributed by atoms with van der Waals surface area (Å²) in [5, 5.41) is 23.9. The Morgan fingerprint density at radius 1 is 0.588 bits per heavy atom. The second-order valence-electron chi connectivity index (χ2n) is 17.9. The van der Waals surface area contributed by atoms with Crippen molar-refractivity contribution in [2.45, 2.75) is 13.8 Å². The lowest BCUT2D eigenvalue weighted by Crippen LogP contribution is -2.46. The molecular formula is C52H62Cl4N16O8. The maximum Gasteiger partial charge on any atom is 0.327 e. The predicted octanol–water partition coefficient (Wildman–Crippen LogP) is 10.2. The number of hydrogen-bond acceptors (Lipinski definition) is 19. The summed E-state index contributed by atoms with van der Waals surface area (Å²) in [6, 6.07) is 16.0. The minimum atomic E-state index is -0.618. The first-order valence-electron chi connectivity index (χ1n) is 25.0. The Bertz CT molecular complexity index is 3130. The average Bonchev–Trinajstić information content (AvgIpc) is 3.52. The lowest BCUT2D eigenvalue weighted by molar-refractivity contribution is -0.383. The molecular weight excluding hydrogens is 1120 g/mol. The summed E-state index contributed by atoms with van der Waals surface area (Å²) < 4.78 is 21.0. The molecule has 2 aromatic heterocycles. The van der Waals surface area contributed by atoms with Crippen molar-refractivity contribution < 1.29 is 33.5 Å². The number of carbonyl (C=O) groups excluding carboxylic acids is 2. The number of piperazine rings is 2. The lowest BCUT2D eigenvalue weighted by Gasteiger charge is -2.35. The molecule has 0 saturated carbocycles. The van der Waals surface area contributed by atoms with Crippen molar-refractivity contribution in [1.29, 1.82) is 0 Å². The summed E-state index contributed by atoms with van der Waals surface area (Å²) in [4.78, 5) is 66.2. The molecule has 0 aliphatic carbocycles. The molecule has 2 aliphatic rings. The van der Waals surface area contributed by atoms with Crippen LogP contribution in [0.5, 0.6) is 23.0 Å². The van der Waals surface area contributed by atoms with Crippen molar-refractivity contribution in [2.24, 2.45) is 0 Å². The van der Waals surface area contributed by atoms with E-state index in [4.69, 9.17) is 71.1 Å². The molecule has 4 heterocycles. The molecule has 2 fully saturated rings. The number of nitro benzene ring substituents is 1. The summed E-state index contributed by atoms with van der Waals surface area (Å²) in [6.45, 7) is 13.7. The van der Waals surface area contributed by atoms with E-state index in [9.17, 15) is 19.7 Å². The maximum absolute atomic E-state index is 13.1. The third kappa shape index (κ3) is 14.2. The highest BCUT2D eigenvalue weighted by atomic mass is 35.5. The van der Waals surface area contributed by atoms with Gasteiger partial charge in [0.2, 0.25) is 0 Å². The first-order valence-corrected chi connectivity index (χ1v) is 26.5. The van der Waals surface area contributed by atoms with Gasteiger partial charge in [-0.15, -0.1) is 0 Å². The summed E-state index contributed by atoms with van der Waals surface area (Å²) in [5.41, 5.74) is 9.94. The van der Waals surface area contributed by atoms with E-state index >= 15 is 0 Å². The van der Waals surface area contributed by atoms with Crippen LogP contribution < -0.4 is 65.5 Å². The number of halogens is 4. The molecule has 2 aliphatic heterocycles. The highest BCUT2D eigenvalue weighted by Crippen LogP contribution is 2.46. The second-order valence-corrected chi connectivity index (χ2v) is 19.4. The smallest absolute Gasteiger partial charge is 0.327 e. The van der Waals surface area contributed by atoms with E-state index in [0.717, 1.165) is 76.8 Å². The molecule has 0 bridgehead atoms. The van der Waals surface area contributed by atoms with E-state index in [0.29, 0.717) is 34.5 Å². The number of hydrogen-bond donors (Lipinski definition) is 5. The molecule has 6 aromatic rings. The topological polar surface area (TPSA) is 259 Å². The van der Waals surface area contributed by atoms with E-state index in [-0.39, 0.29) is 66.0 Å². The van der Waals surface area contributed by atoms with Crippen LogP contribution >= 0.6 is 46.4 Å². The first kappa shape index (κ1) is 59.9. The van der Waals surface area contributed by atoms with Gasteiger partial charge in [0.15, 0.2) is 0 Å². The average molecular weight is 1180 g/mol. The molecule has 8 rings (SSSR count). The number of aromatic nitrogens is 4. The molecule has 80 heavy (non-hydrogen) atoms. The monoisotopic (exact) mass is 1180 g/mol. The van der Waals surface area contributed by atoms with Crippen LogP contribution in [0.15, 0.2) is 73.3 Å². The SMILES string of the molecule is CCN1CCN(c2ccc(Nc3cc(N(C)C(=O)Nc4c(Cl)c(OC)cc(OC)c4Cl)ncn3)c(N)c2)CC1.CCN1CCN(c2ccc(Nc3cc(N(C)C(=O)Nc4c(Cl)c(OC)cc(OC)c4Cl)ncn3)c([N+](=O)[O-])c2)CC1. The van der Waals surface area contributed by atoms with E-state index in [1.54, 1.807) is 25.2 Å². The zero-order valence-electron chi connectivity index (χ0n) is 45.3. The quantitative estimate of drug-likeness (QED) is 0.0323. The second kappa shape index (κ2) is 27.4. The van der Waals surface area contributed by atoms with E-state index < -0.39 is 17.0 Å². The lowest BCUT2D eigenvalue weighted by atomic mass is 10.2. The Balaban J connectivity index is 0.000000231. The summed E-state index contributed by atoms with van der Waals surface area (Å²) >= 11 is 25.5. The van der Waals surface area contributed by atoms with Gasteiger partial charge < -0.3 is 65.5 Å². The van der Waals surface area contributed by atoms with E-state index in [1.165, 1.54) is 76.1 Å². The Morgan fingerprint density at radius 2 is 0.963 bits per heavy atom. The van der Waals surface area contributed by atoms with Crippen LogP contribution in [-0.4, -0.2) is 155 Å². The minimum Gasteiger partial charge on any atom is -0.495 e. The third-order valence-electron chi connectivity index (χ3n) is 13.3. The van der Waals surface area contributed by atoms with Crippen molar-refractivity contribution in [3.8, 4) is 23.0 Å². The van der Waals surface area contributed by atoms with Gasteiger partial charge in [0.25, 0.3) is 5.69 Å². The fourth-order valence-corrected chi connectivity index (χ4v) is 9.72. The minimum absolute atomic E-state index is 0.0908. The van der Waals surface area contributed by atoms with Gasteiger partial charge in [0, 0.05) is 108 Å². The number of nitrogens with two attached hydrogens (primary N) is 1. The van der Waals surface area contributed by atoms with Gasteiger partial charge in [0.05, 0.1) is 56.1 Å². The Kier molecular flexibility index (Phi) is 20.5. The fraction of sp³-hybridized carbons (Fsp3) is 0.346. The normalized spacial score (nSPS) is 13.6. The highest BCUT2D eigenvalue weighted by molar-refractivity contribution is 6.42. The molecule has 2 saturated heterocycles. The van der Waals surface area contributed by atoms with Crippen LogP contribution in [0.3, 0.4) is 0 Å². The number of nitrogens with one attached hydrogen (secondary N) is 4. The number of nitrogen functional groups attached to an aromatic ring is 1.